The van der Waals surface area contributed by atoms with Crippen LogP contribution in [-0.2, 0) is 19.4 Å². The van der Waals surface area contributed by atoms with Gasteiger partial charge in [-0.15, -0.1) is 11.6 Å². The van der Waals surface area contributed by atoms with E-state index in [9.17, 15) is 18.0 Å². The van der Waals surface area contributed by atoms with Crippen molar-refractivity contribution in [1.29, 1.82) is 0 Å². The molecule has 0 aromatic rings. The number of carbonyl (C=O) groups excluding carboxylic acids is 1. The van der Waals surface area contributed by atoms with Crippen molar-refractivity contribution in [3.05, 3.63) is 0 Å². The summed E-state index contributed by atoms with van der Waals surface area (Å²) in [4.78, 5) is 21.7. The Balaban J connectivity index is 2.26. The highest BCUT2D eigenvalue weighted by molar-refractivity contribution is 7.99. The summed E-state index contributed by atoms with van der Waals surface area (Å²) in [5.74, 6) is -1.04. The Bertz CT molecular complexity index is 425. The number of rotatable bonds is 6. The van der Waals surface area contributed by atoms with Crippen LogP contribution in [0.15, 0.2) is 0 Å². The summed E-state index contributed by atoms with van der Waals surface area (Å²) in [7, 11) is -3.16. The third-order valence-corrected chi connectivity index (χ3v) is 5.66. The van der Waals surface area contributed by atoms with Gasteiger partial charge >= 0.3 is 5.97 Å². The molecule has 1 fully saturated rings. The number of nitrogens with one attached hydrogen (secondary N) is 1. The Hall–Kier alpha value is -0.470. The van der Waals surface area contributed by atoms with Crippen LogP contribution in [-0.4, -0.2) is 59.8 Å². The van der Waals surface area contributed by atoms with Gasteiger partial charge in [-0.05, 0) is 0 Å². The number of sulfone groups is 1. The van der Waals surface area contributed by atoms with E-state index in [-0.39, 0.29) is 29.6 Å². The molecule has 1 aliphatic heterocycles. The predicted molar refractivity (Wildman–Crippen MR) is 69.8 cm³/mol. The molecule has 0 aromatic heterocycles. The lowest BCUT2D eigenvalue weighted by atomic mass is 10.2. The number of amides is 1. The molecule has 2 unspecified atom stereocenters. The topological polar surface area (TPSA) is 101 Å². The van der Waals surface area contributed by atoms with Crippen molar-refractivity contribution in [3.63, 3.8) is 0 Å². The molecule has 2 N–H and O–H groups in total. The van der Waals surface area contributed by atoms with Crippen LogP contribution in [0.5, 0.6) is 0 Å². The van der Waals surface area contributed by atoms with Crippen molar-refractivity contribution in [1.82, 2.24) is 5.32 Å². The molecule has 0 bridgehead atoms. The first-order valence-corrected chi connectivity index (χ1v) is 8.65. The van der Waals surface area contributed by atoms with Crippen molar-refractivity contribution in [2.45, 2.75) is 17.8 Å². The first-order valence-electron chi connectivity index (χ1n) is 5.23. The number of carboxylic acid groups (broad SMARTS) is 1. The molecule has 0 spiro atoms. The van der Waals surface area contributed by atoms with Gasteiger partial charge < -0.3 is 10.4 Å². The van der Waals surface area contributed by atoms with Gasteiger partial charge in [0.25, 0.3) is 0 Å². The van der Waals surface area contributed by atoms with E-state index in [0.29, 0.717) is 5.75 Å². The molecule has 1 saturated heterocycles. The van der Waals surface area contributed by atoms with Crippen LogP contribution in [0.1, 0.15) is 6.42 Å². The maximum atomic E-state index is 11.5. The summed E-state index contributed by atoms with van der Waals surface area (Å²) >= 11 is 7.02. The minimum absolute atomic E-state index is 0.00607. The number of aliphatic carboxylic acids is 1. The van der Waals surface area contributed by atoms with E-state index in [1.54, 1.807) is 0 Å². The average Bonchev–Trinajstić information content (AvgIpc) is 2.46. The zero-order valence-corrected chi connectivity index (χ0v) is 11.9. The summed E-state index contributed by atoms with van der Waals surface area (Å²) in [6, 6.07) is -0.552. The lowest BCUT2D eigenvalue weighted by molar-refractivity contribution is -0.136. The molecule has 1 rings (SSSR count). The highest BCUT2D eigenvalue weighted by atomic mass is 35.5. The predicted octanol–water partition coefficient (Wildman–Crippen LogP) is -0.285. The highest BCUT2D eigenvalue weighted by Crippen LogP contribution is 2.18. The Morgan fingerprint density at radius 1 is 1.39 bits per heavy atom. The van der Waals surface area contributed by atoms with Crippen molar-refractivity contribution in [2.75, 3.05) is 23.0 Å². The summed E-state index contributed by atoms with van der Waals surface area (Å²) in [6.07, 6.45) is -0.00607. The smallest absolute Gasteiger partial charge is 0.304 e. The van der Waals surface area contributed by atoms with Gasteiger partial charge in [-0.2, -0.15) is 11.8 Å². The molecule has 2 atom stereocenters. The standard InChI is InChI=1S/C9H14ClNO5S2/c10-6-4-18(15,16)5-7(6)11-8(12)3-17-2-1-9(13)14/h6-7H,1-5H2,(H,11,12)(H,13,14). The van der Waals surface area contributed by atoms with Crippen LogP contribution < -0.4 is 5.32 Å². The molecule has 104 valence electrons. The molecule has 9 heteroatoms. The quantitative estimate of drug-likeness (QED) is 0.516. The van der Waals surface area contributed by atoms with Crippen LogP contribution in [0.4, 0.5) is 0 Å². The van der Waals surface area contributed by atoms with E-state index in [0.717, 1.165) is 0 Å². The van der Waals surface area contributed by atoms with E-state index >= 15 is 0 Å². The van der Waals surface area contributed by atoms with Gasteiger partial charge in [-0.1, -0.05) is 0 Å². The van der Waals surface area contributed by atoms with Crippen LogP contribution in [0, 0.1) is 0 Å². The minimum atomic E-state index is -3.16. The van der Waals surface area contributed by atoms with Crippen molar-refractivity contribution >= 4 is 45.1 Å². The molecule has 0 aromatic carbocycles. The maximum absolute atomic E-state index is 11.5. The first-order chi connectivity index (χ1) is 8.30. The molecule has 1 heterocycles. The molecule has 6 nitrogen and oxygen atoms in total. The summed E-state index contributed by atoms with van der Waals surface area (Å²) in [5.41, 5.74) is 0. The van der Waals surface area contributed by atoms with Crippen molar-refractivity contribution in [3.8, 4) is 0 Å². The highest BCUT2D eigenvalue weighted by Gasteiger charge is 2.37. The molecule has 0 radical (unpaired) electrons. The summed E-state index contributed by atoms with van der Waals surface area (Å²) in [5, 5.41) is 10.4. The van der Waals surface area contributed by atoms with Crippen LogP contribution in [0.2, 0.25) is 0 Å². The van der Waals surface area contributed by atoms with Crippen molar-refractivity contribution < 1.29 is 23.1 Å². The molecular formula is C9H14ClNO5S2. The SMILES string of the molecule is O=C(O)CCSCC(=O)NC1CS(=O)(=O)CC1Cl. The fourth-order valence-electron chi connectivity index (χ4n) is 1.51. The zero-order valence-electron chi connectivity index (χ0n) is 9.46. The fourth-order valence-corrected chi connectivity index (χ4v) is 4.79. The lowest BCUT2D eigenvalue weighted by Crippen LogP contribution is -2.41. The lowest BCUT2D eigenvalue weighted by Gasteiger charge is -2.13. The molecular weight excluding hydrogens is 302 g/mol. The van der Waals surface area contributed by atoms with Crippen LogP contribution >= 0.6 is 23.4 Å². The minimum Gasteiger partial charge on any atom is -0.481 e. The van der Waals surface area contributed by atoms with Crippen LogP contribution in [0.25, 0.3) is 0 Å². The Labute approximate surface area is 114 Å². The second-order valence-electron chi connectivity index (χ2n) is 3.96. The number of carbonyl (C=O) groups is 2. The van der Waals surface area contributed by atoms with Gasteiger partial charge in [0, 0.05) is 5.75 Å². The number of hydrogen-bond acceptors (Lipinski definition) is 5. The van der Waals surface area contributed by atoms with E-state index in [1.807, 2.05) is 0 Å². The van der Waals surface area contributed by atoms with E-state index in [2.05, 4.69) is 5.32 Å². The molecule has 0 saturated carbocycles. The van der Waals surface area contributed by atoms with Gasteiger partial charge in [0.2, 0.25) is 5.91 Å². The van der Waals surface area contributed by atoms with Crippen LogP contribution in [0.3, 0.4) is 0 Å². The van der Waals surface area contributed by atoms with Gasteiger partial charge in [0.05, 0.1) is 35.1 Å². The molecule has 0 aliphatic carbocycles. The maximum Gasteiger partial charge on any atom is 0.304 e. The number of halogens is 1. The van der Waals surface area contributed by atoms with E-state index in [4.69, 9.17) is 16.7 Å². The van der Waals surface area contributed by atoms with Crippen molar-refractivity contribution in [2.24, 2.45) is 0 Å². The molecule has 18 heavy (non-hydrogen) atoms. The second kappa shape index (κ2) is 6.63. The second-order valence-corrected chi connectivity index (χ2v) is 7.78. The summed E-state index contributed by atoms with van der Waals surface area (Å²) < 4.78 is 22.5. The monoisotopic (exact) mass is 315 g/mol. The Morgan fingerprint density at radius 3 is 2.56 bits per heavy atom. The van der Waals surface area contributed by atoms with Gasteiger partial charge in [-0.25, -0.2) is 8.42 Å². The largest absolute Gasteiger partial charge is 0.481 e. The number of hydrogen-bond donors (Lipinski definition) is 2. The Kier molecular flexibility index (Phi) is 5.74. The fraction of sp³-hybridized carbons (Fsp3) is 0.778. The van der Waals surface area contributed by atoms with E-state index in [1.165, 1.54) is 11.8 Å². The zero-order chi connectivity index (χ0) is 13.8. The van der Waals surface area contributed by atoms with Gasteiger partial charge in [0.15, 0.2) is 9.84 Å². The first kappa shape index (κ1) is 15.6. The third-order valence-electron chi connectivity index (χ3n) is 2.32. The van der Waals surface area contributed by atoms with E-state index < -0.39 is 27.2 Å². The van der Waals surface area contributed by atoms with Gasteiger partial charge in [-0.3, -0.25) is 9.59 Å². The summed E-state index contributed by atoms with van der Waals surface area (Å²) in [6.45, 7) is 0. The molecule has 1 amide bonds. The number of thioether (sulfide) groups is 1. The Morgan fingerprint density at radius 2 is 2.06 bits per heavy atom. The number of alkyl halides is 1. The number of carboxylic acids is 1. The third kappa shape index (κ3) is 5.45. The molecule has 1 aliphatic rings. The normalized spacial score (nSPS) is 25.8. The van der Waals surface area contributed by atoms with Gasteiger partial charge in [0.1, 0.15) is 0 Å². The average molecular weight is 316 g/mol.